The third-order valence-electron chi connectivity index (χ3n) is 11.0. The third kappa shape index (κ3) is 5.34. The maximum Gasteiger partial charge on any atom is 0.178 e. The van der Waals surface area contributed by atoms with E-state index in [1.807, 2.05) is 18.2 Å². The summed E-state index contributed by atoms with van der Waals surface area (Å²) >= 11 is 0. The van der Waals surface area contributed by atoms with E-state index in [9.17, 15) is 0 Å². The first-order valence-corrected chi connectivity index (χ1v) is 18.5. The van der Waals surface area contributed by atoms with Gasteiger partial charge in [0, 0.05) is 22.1 Å². The van der Waals surface area contributed by atoms with Gasteiger partial charge in [0.1, 0.15) is 0 Å². The number of aromatic nitrogens is 3. The highest BCUT2D eigenvalue weighted by Crippen LogP contribution is 2.58. The molecule has 5 heteroatoms. The summed E-state index contributed by atoms with van der Waals surface area (Å²) in [6.45, 7) is 4.55. The minimum Gasteiger partial charge on any atom is -0.449 e. The lowest BCUT2D eigenvalue weighted by Crippen LogP contribution is -2.15. The van der Waals surface area contributed by atoms with Crippen LogP contribution in [0, 0.1) is 0 Å². The fourth-order valence-corrected chi connectivity index (χ4v) is 8.17. The standard InChI is InChI=1S/C48H37N3O2/c1-48(2)38-20-12-11-19-37(38)43-39(48)26-28-41-44(43)53-42-29-34(25-27-40(42)52-41)30-21-23-33(24-22-30)46-49-45(32-15-7-4-8-16-32)50-47(51-46)36-18-10-9-17-35(36)31-13-5-3-6-14-31/h3,5-6,9-15,17-29H,4,7-8,16H2,1-2H3. The van der Waals surface area contributed by atoms with Gasteiger partial charge in [-0.1, -0.05) is 135 Å². The van der Waals surface area contributed by atoms with Crippen molar-refractivity contribution in [3.05, 3.63) is 156 Å². The van der Waals surface area contributed by atoms with Gasteiger partial charge in [-0.05, 0) is 88.4 Å². The Kier molecular flexibility index (Phi) is 7.36. The maximum absolute atomic E-state index is 6.74. The van der Waals surface area contributed by atoms with Crippen LogP contribution in [-0.4, -0.2) is 15.0 Å². The Balaban J connectivity index is 1.00. The Labute approximate surface area is 309 Å². The summed E-state index contributed by atoms with van der Waals surface area (Å²) in [5.41, 5.74) is 12.2. The molecule has 0 N–H and O–H groups in total. The minimum atomic E-state index is -0.118. The molecular weight excluding hydrogens is 651 g/mol. The number of ether oxygens (including phenoxy) is 2. The summed E-state index contributed by atoms with van der Waals surface area (Å²) in [4.78, 5) is 15.3. The second-order valence-electron chi connectivity index (χ2n) is 14.6. The molecule has 53 heavy (non-hydrogen) atoms. The van der Waals surface area contributed by atoms with E-state index in [1.165, 1.54) is 28.7 Å². The van der Waals surface area contributed by atoms with Gasteiger partial charge in [0.15, 0.2) is 40.5 Å². The first-order chi connectivity index (χ1) is 26.0. The predicted molar refractivity (Wildman–Crippen MR) is 212 cm³/mol. The monoisotopic (exact) mass is 687 g/mol. The Bertz CT molecular complexity index is 2590. The Morgan fingerprint density at radius 2 is 1.17 bits per heavy atom. The van der Waals surface area contributed by atoms with Crippen LogP contribution in [0.4, 0.5) is 0 Å². The molecule has 10 rings (SSSR count). The smallest absolute Gasteiger partial charge is 0.178 e. The molecule has 0 radical (unpaired) electrons. The number of nitrogens with zero attached hydrogens (tertiary/aromatic N) is 3. The van der Waals surface area contributed by atoms with E-state index in [-0.39, 0.29) is 5.41 Å². The van der Waals surface area contributed by atoms with Gasteiger partial charge in [0.05, 0.1) is 0 Å². The van der Waals surface area contributed by atoms with Crippen molar-refractivity contribution in [2.24, 2.45) is 0 Å². The van der Waals surface area contributed by atoms with Crippen molar-refractivity contribution in [1.82, 2.24) is 15.0 Å². The molecule has 0 unspecified atom stereocenters. The van der Waals surface area contributed by atoms with Gasteiger partial charge in [-0.15, -0.1) is 0 Å². The molecule has 6 aromatic carbocycles. The molecule has 0 bridgehead atoms. The van der Waals surface area contributed by atoms with E-state index in [0.29, 0.717) is 23.1 Å². The molecule has 2 heterocycles. The SMILES string of the molecule is CC1(C)c2ccccc2-c2c1ccc1c2Oc2cc(-c3ccc(-c4nc(C5=CCCCC5)nc(-c5ccccc5-c5ccccc5)n4)cc3)ccc2O1. The van der Waals surface area contributed by atoms with Crippen LogP contribution < -0.4 is 9.47 Å². The van der Waals surface area contributed by atoms with Crippen molar-refractivity contribution in [2.75, 3.05) is 0 Å². The molecule has 0 saturated carbocycles. The van der Waals surface area contributed by atoms with Crippen molar-refractivity contribution in [3.63, 3.8) is 0 Å². The minimum absolute atomic E-state index is 0.118. The summed E-state index contributed by atoms with van der Waals surface area (Å²) < 4.78 is 13.2. The van der Waals surface area contributed by atoms with Crippen LogP contribution >= 0.6 is 0 Å². The van der Waals surface area contributed by atoms with E-state index < -0.39 is 0 Å². The molecule has 7 aromatic rings. The predicted octanol–water partition coefficient (Wildman–Crippen LogP) is 12.7. The normalized spacial score (nSPS) is 14.9. The lowest BCUT2D eigenvalue weighted by atomic mass is 9.82. The molecule has 5 nitrogen and oxygen atoms in total. The van der Waals surface area contributed by atoms with E-state index in [1.54, 1.807) is 0 Å². The molecule has 3 aliphatic rings. The average Bonchev–Trinajstić information content (AvgIpc) is 3.46. The summed E-state index contributed by atoms with van der Waals surface area (Å²) in [6, 6.07) is 46.3. The quantitative estimate of drug-likeness (QED) is 0.180. The van der Waals surface area contributed by atoms with Crippen LogP contribution in [0.5, 0.6) is 23.0 Å². The fourth-order valence-electron chi connectivity index (χ4n) is 8.17. The van der Waals surface area contributed by atoms with E-state index >= 15 is 0 Å². The number of benzene rings is 6. The summed E-state index contributed by atoms with van der Waals surface area (Å²) in [5, 5.41) is 0. The van der Waals surface area contributed by atoms with Crippen LogP contribution in [0.1, 0.15) is 56.5 Å². The summed E-state index contributed by atoms with van der Waals surface area (Å²) in [5.74, 6) is 5.06. The zero-order valence-corrected chi connectivity index (χ0v) is 29.8. The van der Waals surface area contributed by atoms with Crippen molar-refractivity contribution < 1.29 is 9.47 Å². The van der Waals surface area contributed by atoms with E-state index in [2.05, 4.69) is 135 Å². The Morgan fingerprint density at radius 3 is 1.98 bits per heavy atom. The van der Waals surface area contributed by atoms with E-state index in [0.717, 1.165) is 75.5 Å². The highest BCUT2D eigenvalue weighted by Gasteiger charge is 2.39. The summed E-state index contributed by atoms with van der Waals surface area (Å²) in [6.07, 6.45) is 6.67. The number of fused-ring (bicyclic) bond motifs is 6. The van der Waals surface area contributed by atoms with Crippen molar-refractivity contribution >= 4 is 5.57 Å². The van der Waals surface area contributed by atoms with Gasteiger partial charge >= 0.3 is 0 Å². The number of rotatable bonds is 5. The van der Waals surface area contributed by atoms with Crippen LogP contribution in [0.2, 0.25) is 0 Å². The lowest BCUT2D eigenvalue weighted by molar-refractivity contribution is 0.360. The second kappa shape index (κ2) is 12.4. The van der Waals surface area contributed by atoms with Crippen LogP contribution in [-0.2, 0) is 5.41 Å². The van der Waals surface area contributed by atoms with Crippen molar-refractivity contribution in [2.45, 2.75) is 44.9 Å². The fraction of sp³-hybridized carbons (Fsp3) is 0.146. The van der Waals surface area contributed by atoms with Gasteiger partial charge in [-0.25, -0.2) is 15.0 Å². The van der Waals surface area contributed by atoms with Gasteiger partial charge < -0.3 is 9.47 Å². The van der Waals surface area contributed by atoms with Gasteiger partial charge in [-0.3, -0.25) is 0 Å². The zero-order valence-electron chi connectivity index (χ0n) is 29.8. The van der Waals surface area contributed by atoms with Gasteiger partial charge in [0.25, 0.3) is 0 Å². The molecule has 0 saturated heterocycles. The molecule has 0 fully saturated rings. The molecule has 0 amide bonds. The molecule has 256 valence electrons. The maximum atomic E-state index is 6.74. The van der Waals surface area contributed by atoms with E-state index in [4.69, 9.17) is 24.4 Å². The number of allylic oxidation sites excluding steroid dienone is 2. The summed E-state index contributed by atoms with van der Waals surface area (Å²) in [7, 11) is 0. The topological polar surface area (TPSA) is 57.1 Å². The molecule has 0 spiro atoms. The van der Waals surface area contributed by atoms with Crippen LogP contribution in [0.3, 0.4) is 0 Å². The molecule has 1 aromatic heterocycles. The van der Waals surface area contributed by atoms with Crippen LogP contribution in [0.15, 0.2) is 140 Å². The number of hydrogen-bond acceptors (Lipinski definition) is 5. The second-order valence-corrected chi connectivity index (χ2v) is 14.6. The third-order valence-corrected chi connectivity index (χ3v) is 11.0. The Hall–Kier alpha value is -6.33. The van der Waals surface area contributed by atoms with Gasteiger partial charge in [0.2, 0.25) is 0 Å². The lowest BCUT2D eigenvalue weighted by Gasteiger charge is -2.25. The highest BCUT2D eigenvalue weighted by atomic mass is 16.6. The van der Waals surface area contributed by atoms with Crippen molar-refractivity contribution in [3.8, 4) is 79.2 Å². The number of hydrogen-bond donors (Lipinski definition) is 0. The van der Waals surface area contributed by atoms with Crippen LogP contribution in [0.25, 0.3) is 61.7 Å². The molecular formula is C48H37N3O2. The highest BCUT2D eigenvalue weighted by molar-refractivity contribution is 5.88. The first kappa shape index (κ1) is 31.4. The largest absolute Gasteiger partial charge is 0.449 e. The molecule has 0 atom stereocenters. The average molecular weight is 688 g/mol. The van der Waals surface area contributed by atoms with Crippen molar-refractivity contribution in [1.29, 1.82) is 0 Å². The zero-order chi connectivity index (χ0) is 35.5. The Morgan fingerprint density at radius 1 is 0.491 bits per heavy atom. The first-order valence-electron chi connectivity index (χ1n) is 18.5. The molecule has 1 aliphatic heterocycles. The molecule has 2 aliphatic carbocycles. The van der Waals surface area contributed by atoms with Gasteiger partial charge in [-0.2, -0.15) is 0 Å².